The highest BCUT2D eigenvalue weighted by Gasteiger charge is 2.37. The van der Waals surface area contributed by atoms with Crippen molar-refractivity contribution in [3.8, 4) is 34.1 Å². The summed E-state index contributed by atoms with van der Waals surface area (Å²) in [6.07, 6.45) is -5.92. The molecule has 0 spiro atoms. The van der Waals surface area contributed by atoms with E-state index in [1.165, 1.54) is 38.6 Å². The molecule has 15 heteroatoms. The Balaban J connectivity index is 1.82. The molecule has 0 saturated heterocycles. The number of hydrogen-bond donors (Lipinski definition) is 0. The van der Waals surface area contributed by atoms with Gasteiger partial charge in [0.1, 0.15) is 5.75 Å². The second-order valence-electron chi connectivity index (χ2n) is 12.6. The molecule has 4 rings (SSSR count). The second kappa shape index (κ2) is 18.2. The predicted octanol–water partition coefficient (Wildman–Crippen LogP) is 9.65. The molecule has 3 aromatic carbocycles. The third kappa shape index (κ3) is 10.9. The quantitative estimate of drug-likeness (QED) is 0.0592. The first-order chi connectivity index (χ1) is 25.6. The molecule has 0 unspecified atom stereocenters. The Bertz CT molecular complexity index is 1830. The molecule has 0 aliphatic heterocycles. The van der Waals surface area contributed by atoms with Crippen molar-refractivity contribution in [2.75, 3.05) is 39.4 Å². The molecule has 9 nitrogen and oxygen atoms in total. The Morgan fingerprint density at radius 3 is 1.93 bits per heavy atom. The molecule has 0 fully saturated rings. The predicted molar refractivity (Wildman–Crippen MR) is 190 cm³/mol. The third-order valence-corrected chi connectivity index (χ3v) is 8.41. The monoisotopic (exact) mass is 763 g/mol. The molecule has 0 amide bonds. The fourth-order valence-corrected chi connectivity index (χ4v) is 5.53. The Labute approximate surface area is 310 Å². The first kappa shape index (κ1) is 41.5. The lowest BCUT2D eigenvalue weighted by molar-refractivity contribution is -0.145. The lowest BCUT2D eigenvalue weighted by Gasteiger charge is -2.26. The van der Waals surface area contributed by atoms with Crippen LogP contribution >= 0.6 is 0 Å². The molecule has 0 atom stereocenters. The van der Waals surface area contributed by atoms with Crippen LogP contribution in [0.1, 0.15) is 73.8 Å². The maximum absolute atomic E-state index is 13.9. The zero-order chi connectivity index (χ0) is 39.6. The van der Waals surface area contributed by atoms with E-state index in [4.69, 9.17) is 23.7 Å². The van der Waals surface area contributed by atoms with Crippen LogP contribution in [0.5, 0.6) is 23.0 Å². The fraction of sp³-hybridized carbons (Fsp3) is 0.410. The Morgan fingerprint density at radius 2 is 1.37 bits per heavy atom. The van der Waals surface area contributed by atoms with E-state index in [0.29, 0.717) is 52.7 Å². The minimum atomic E-state index is -5.05. The molecule has 0 saturated carbocycles. The van der Waals surface area contributed by atoms with Gasteiger partial charge in [0.25, 0.3) is 0 Å². The van der Waals surface area contributed by atoms with Gasteiger partial charge in [0.15, 0.2) is 17.2 Å². The van der Waals surface area contributed by atoms with Gasteiger partial charge in [-0.3, -0.25) is 4.79 Å². The van der Waals surface area contributed by atoms with E-state index >= 15 is 0 Å². The zero-order valence-corrected chi connectivity index (χ0v) is 30.9. The number of benzene rings is 3. The van der Waals surface area contributed by atoms with Crippen LogP contribution in [0.2, 0.25) is 0 Å². The number of esters is 1. The Morgan fingerprint density at radius 1 is 0.759 bits per heavy atom. The van der Waals surface area contributed by atoms with Gasteiger partial charge in [0.05, 0.1) is 64.5 Å². The number of alkyl halides is 6. The largest absolute Gasteiger partial charge is 0.496 e. The third-order valence-electron chi connectivity index (χ3n) is 8.41. The van der Waals surface area contributed by atoms with Crippen LogP contribution in [-0.2, 0) is 35.0 Å². The molecule has 0 aliphatic rings. The minimum absolute atomic E-state index is 0.0295. The number of rotatable bonds is 17. The number of carbonyl (C=O) groups excluding carboxylic acids is 1. The SMILES string of the molecule is CCCCOC(=O)CCOc1cnc(N(Cc2cc(C(F)(F)F)cc(C(F)(F)F)c2)Cc2cc(OC)c(OC)cc2-c2cc(C(C)C)ccc2OC)nc1. The number of unbranched alkanes of at least 4 members (excludes halogenated alkanes) is 1. The molecule has 0 bridgehead atoms. The smallest absolute Gasteiger partial charge is 0.416 e. The average Bonchev–Trinajstić information content (AvgIpc) is 3.13. The zero-order valence-electron chi connectivity index (χ0n) is 30.9. The van der Waals surface area contributed by atoms with E-state index in [0.717, 1.165) is 18.4 Å². The van der Waals surface area contributed by atoms with Crippen LogP contribution < -0.4 is 23.8 Å². The highest BCUT2D eigenvalue weighted by Crippen LogP contribution is 2.42. The van der Waals surface area contributed by atoms with Gasteiger partial charge in [0, 0.05) is 18.7 Å². The van der Waals surface area contributed by atoms with E-state index in [-0.39, 0.29) is 48.8 Å². The van der Waals surface area contributed by atoms with E-state index in [2.05, 4.69) is 9.97 Å². The van der Waals surface area contributed by atoms with Crippen molar-refractivity contribution in [2.45, 2.75) is 71.4 Å². The molecule has 4 aromatic rings. The number of nitrogens with zero attached hydrogens (tertiary/aromatic N) is 3. The van der Waals surface area contributed by atoms with Crippen molar-refractivity contribution in [3.63, 3.8) is 0 Å². The average molecular weight is 764 g/mol. The van der Waals surface area contributed by atoms with Gasteiger partial charge >= 0.3 is 18.3 Å². The van der Waals surface area contributed by atoms with E-state index in [1.54, 1.807) is 12.1 Å². The van der Waals surface area contributed by atoms with Crippen molar-refractivity contribution >= 4 is 11.9 Å². The second-order valence-corrected chi connectivity index (χ2v) is 12.6. The maximum atomic E-state index is 13.9. The van der Waals surface area contributed by atoms with Gasteiger partial charge < -0.3 is 28.6 Å². The minimum Gasteiger partial charge on any atom is -0.496 e. The summed E-state index contributed by atoms with van der Waals surface area (Å²) in [4.78, 5) is 22.2. The van der Waals surface area contributed by atoms with Crippen LogP contribution in [-0.4, -0.2) is 50.5 Å². The number of aromatic nitrogens is 2. The Hall–Kier alpha value is -5.21. The lowest BCUT2D eigenvalue weighted by atomic mass is 9.93. The van der Waals surface area contributed by atoms with Crippen LogP contribution in [0.3, 0.4) is 0 Å². The van der Waals surface area contributed by atoms with Gasteiger partial charge in [0.2, 0.25) is 5.95 Å². The van der Waals surface area contributed by atoms with Crippen molar-refractivity contribution < 1.29 is 54.8 Å². The fourth-order valence-electron chi connectivity index (χ4n) is 5.53. The summed E-state index contributed by atoms with van der Waals surface area (Å²) >= 11 is 0. The molecule has 0 aliphatic carbocycles. The van der Waals surface area contributed by atoms with Gasteiger partial charge in [-0.2, -0.15) is 26.3 Å². The molecule has 1 aromatic heterocycles. The highest BCUT2D eigenvalue weighted by molar-refractivity contribution is 5.77. The van der Waals surface area contributed by atoms with Gasteiger partial charge in [-0.25, -0.2) is 9.97 Å². The summed E-state index contributed by atoms with van der Waals surface area (Å²) in [6, 6.07) is 10.5. The molecular formula is C39H43F6N3O6. The van der Waals surface area contributed by atoms with E-state index < -0.39 is 36.0 Å². The van der Waals surface area contributed by atoms with Crippen molar-refractivity contribution in [1.29, 1.82) is 0 Å². The van der Waals surface area contributed by atoms with Gasteiger partial charge in [-0.05, 0) is 77.1 Å². The van der Waals surface area contributed by atoms with Crippen molar-refractivity contribution in [1.82, 2.24) is 9.97 Å². The number of methoxy groups -OCH3 is 3. The first-order valence-corrected chi connectivity index (χ1v) is 17.1. The summed E-state index contributed by atoms with van der Waals surface area (Å²) < 4.78 is 111. The standard InChI is InChI=1S/C39H43F6N3O6/c1-7-8-12-54-36(49)11-13-53-30-20-46-37(47-21-30)48(22-25-14-28(38(40,41)42)18-29(15-25)39(43,44)45)23-27-17-34(51-5)35(52-6)19-31(27)32-16-26(24(2)3)9-10-33(32)50-4/h9-10,14-21,24H,7-8,11-13,22-23H2,1-6H3. The molecule has 54 heavy (non-hydrogen) atoms. The van der Waals surface area contributed by atoms with E-state index in [1.807, 2.05) is 39.0 Å². The lowest BCUT2D eigenvalue weighted by Crippen LogP contribution is -2.25. The van der Waals surface area contributed by atoms with Crippen LogP contribution in [0.4, 0.5) is 32.3 Å². The van der Waals surface area contributed by atoms with Crippen LogP contribution in [0.25, 0.3) is 11.1 Å². The summed E-state index contributed by atoms with van der Waals surface area (Å²) in [6.45, 7) is 5.70. The molecule has 1 heterocycles. The molecule has 0 radical (unpaired) electrons. The van der Waals surface area contributed by atoms with Gasteiger partial charge in [-0.1, -0.05) is 33.3 Å². The number of anilines is 1. The topological polar surface area (TPSA) is 92.2 Å². The molecule has 0 N–H and O–H groups in total. The molecular weight excluding hydrogens is 720 g/mol. The number of halogens is 6. The summed E-state index contributed by atoms with van der Waals surface area (Å²) in [5.74, 6) is 1.06. The van der Waals surface area contributed by atoms with Crippen molar-refractivity contribution in [2.24, 2.45) is 0 Å². The molecule has 292 valence electrons. The Kier molecular flexibility index (Phi) is 14.0. The van der Waals surface area contributed by atoms with Crippen LogP contribution in [0, 0.1) is 0 Å². The summed E-state index contributed by atoms with van der Waals surface area (Å²) in [5.41, 5.74) is -0.400. The summed E-state index contributed by atoms with van der Waals surface area (Å²) in [5, 5.41) is 0. The van der Waals surface area contributed by atoms with Crippen molar-refractivity contribution in [3.05, 3.63) is 88.7 Å². The van der Waals surface area contributed by atoms with Crippen LogP contribution in [0.15, 0.2) is 60.9 Å². The number of hydrogen-bond acceptors (Lipinski definition) is 9. The first-order valence-electron chi connectivity index (χ1n) is 17.1. The number of carbonyl (C=O) groups is 1. The highest BCUT2D eigenvalue weighted by atomic mass is 19.4. The van der Waals surface area contributed by atoms with Gasteiger partial charge in [-0.15, -0.1) is 0 Å². The van der Waals surface area contributed by atoms with E-state index in [9.17, 15) is 31.1 Å². The summed E-state index contributed by atoms with van der Waals surface area (Å²) in [7, 11) is 4.42. The number of ether oxygens (including phenoxy) is 5. The maximum Gasteiger partial charge on any atom is 0.416 e. The normalized spacial score (nSPS) is 11.7.